The van der Waals surface area contributed by atoms with Crippen molar-refractivity contribution in [2.24, 2.45) is 4.99 Å². The van der Waals surface area contributed by atoms with Gasteiger partial charge in [-0.05, 0) is 12.1 Å². The van der Waals surface area contributed by atoms with Crippen LogP contribution >= 0.6 is 0 Å². The fourth-order valence-corrected chi connectivity index (χ4v) is 1.61. The van der Waals surface area contributed by atoms with Crippen molar-refractivity contribution >= 4 is 5.96 Å². The van der Waals surface area contributed by atoms with Gasteiger partial charge in [0.2, 0.25) is 0 Å². The molecule has 100 valence electrons. The molecule has 0 amide bonds. The average molecular weight is 251 g/mol. The summed E-state index contributed by atoms with van der Waals surface area (Å²) in [7, 11) is 8.94. The molecule has 1 rings (SSSR count). The van der Waals surface area contributed by atoms with Crippen LogP contribution in [0.5, 0.6) is 11.5 Å². The molecule has 5 heteroatoms. The molecule has 0 atom stereocenters. The molecule has 1 aromatic carbocycles. The van der Waals surface area contributed by atoms with Crippen LogP contribution in [-0.4, -0.2) is 46.2 Å². The molecule has 0 radical (unpaired) electrons. The first kappa shape index (κ1) is 14.2. The number of nitrogens with one attached hydrogen (secondary N) is 1. The van der Waals surface area contributed by atoms with Crippen molar-refractivity contribution in [3.63, 3.8) is 0 Å². The van der Waals surface area contributed by atoms with E-state index in [1.807, 2.05) is 37.2 Å². The highest BCUT2D eigenvalue weighted by Gasteiger charge is 2.06. The Morgan fingerprint density at radius 1 is 1.28 bits per heavy atom. The summed E-state index contributed by atoms with van der Waals surface area (Å²) in [5, 5.41) is 3.25. The van der Waals surface area contributed by atoms with E-state index in [1.54, 1.807) is 21.3 Å². The Morgan fingerprint density at radius 3 is 2.50 bits per heavy atom. The van der Waals surface area contributed by atoms with Crippen molar-refractivity contribution in [3.8, 4) is 11.5 Å². The Kier molecular flexibility index (Phi) is 5.30. The standard InChI is InChI=1S/C13H21N3O2/c1-14-13(16(2)3)15-9-10-6-7-11(17-4)8-12(10)18-5/h6-8H,9H2,1-5H3,(H,14,15). The Labute approximate surface area is 108 Å². The van der Waals surface area contributed by atoms with E-state index >= 15 is 0 Å². The molecular formula is C13H21N3O2. The Bertz CT molecular complexity index is 417. The molecule has 0 aliphatic heterocycles. The number of rotatable bonds is 4. The number of hydrogen-bond donors (Lipinski definition) is 1. The van der Waals surface area contributed by atoms with Gasteiger partial charge in [-0.2, -0.15) is 0 Å². The van der Waals surface area contributed by atoms with Gasteiger partial charge in [0.25, 0.3) is 0 Å². The number of benzene rings is 1. The lowest BCUT2D eigenvalue weighted by Gasteiger charge is -2.18. The maximum absolute atomic E-state index is 5.34. The maximum atomic E-state index is 5.34. The maximum Gasteiger partial charge on any atom is 0.193 e. The molecule has 0 heterocycles. The van der Waals surface area contributed by atoms with E-state index < -0.39 is 0 Å². The van der Waals surface area contributed by atoms with Gasteiger partial charge in [-0.15, -0.1) is 0 Å². The van der Waals surface area contributed by atoms with Crippen LogP contribution in [0.25, 0.3) is 0 Å². The molecule has 5 nitrogen and oxygen atoms in total. The fraction of sp³-hybridized carbons (Fsp3) is 0.462. The molecule has 0 aliphatic rings. The number of hydrogen-bond acceptors (Lipinski definition) is 3. The molecule has 0 aromatic heterocycles. The van der Waals surface area contributed by atoms with Crippen molar-refractivity contribution in [2.45, 2.75) is 6.54 Å². The molecule has 1 N–H and O–H groups in total. The molecule has 0 aliphatic carbocycles. The third-order valence-electron chi connectivity index (χ3n) is 2.57. The minimum absolute atomic E-state index is 0.651. The summed E-state index contributed by atoms with van der Waals surface area (Å²) in [6.45, 7) is 0.651. The van der Waals surface area contributed by atoms with E-state index in [4.69, 9.17) is 9.47 Å². The van der Waals surface area contributed by atoms with Gasteiger partial charge < -0.3 is 19.7 Å². The van der Waals surface area contributed by atoms with E-state index in [0.29, 0.717) is 6.54 Å². The van der Waals surface area contributed by atoms with Crippen molar-refractivity contribution in [2.75, 3.05) is 35.4 Å². The summed E-state index contributed by atoms with van der Waals surface area (Å²) in [5.74, 6) is 2.41. The molecule has 0 fully saturated rings. The van der Waals surface area contributed by atoms with Crippen LogP contribution in [0.3, 0.4) is 0 Å². The molecular weight excluding hydrogens is 230 g/mol. The third-order valence-corrected chi connectivity index (χ3v) is 2.57. The van der Waals surface area contributed by atoms with Crippen molar-refractivity contribution in [3.05, 3.63) is 23.8 Å². The zero-order valence-corrected chi connectivity index (χ0v) is 11.7. The first-order valence-electron chi connectivity index (χ1n) is 5.71. The van der Waals surface area contributed by atoms with Gasteiger partial charge in [0, 0.05) is 39.3 Å². The minimum Gasteiger partial charge on any atom is -0.497 e. The van der Waals surface area contributed by atoms with Gasteiger partial charge >= 0.3 is 0 Å². The minimum atomic E-state index is 0.651. The number of guanidine groups is 1. The van der Waals surface area contributed by atoms with E-state index in [2.05, 4.69) is 10.3 Å². The van der Waals surface area contributed by atoms with Crippen LogP contribution in [0.1, 0.15) is 5.56 Å². The van der Waals surface area contributed by atoms with Crippen LogP contribution in [0.15, 0.2) is 23.2 Å². The van der Waals surface area contributed by atoms with E-state index in [-0.39, 0.29) is 0 Å². The van der Waals surface area contributed by atoms with Gasteiger partial charge in [0.05, 0.1) is 14.2 Å². The zero-order valence-electron chi connectivity index (χ0n) is 11.7. The molecule has 18 heavy (non-hydrogen) atoms. The fourth-order valence-electron chi connectivity index (χ4n) is 1.61. The summed E-state index contributed by atoms with van der Waals surface area (Å²) in [6.07, 6.45) is 0. The molecule has 0 bridgehead atoms. The Balaban J connectivity index is 2.78. The van der Waals surface area contributed by atoms with Crippen LogP contribution in [0, 0.1) is 0 Å². The average Bonchev–Trinajstić information content (AvgIpc) is 2.39. The summed E-state index contributed by atoms with van der Waals surface area (Å²) >= 11 is 0. The van der Waals surface area contributed by atoms with E-state index in [9.17, 15) is 0 Å². The highest BCUT2D eigenvalue weighted by molar-refractivity contribution is 5.79. The van der Waals surface area contributed by atoms with Crippen LogP contribution < -0.4 is 14.8 Å². The summed E-state index contributed by atoms with van der Waals surface area (Å²) in [6, 6.07) is 5.76. The summed E-state index contributed by atoms with van der Waals surface area (Å²) in [5.41, 5.74) is 1.06. The topological polar surface area (TPSA) is 46.1 Å². The third kappa shape index (κ3) is 3.55. The normalized spacial score (nSPS) is 11.1. The van der Waals surface area contributed by atoms with Gasteiger partial charge in [0.15, 0.2) is 5.96 Å². The second kappa shape index (κ2) is 6.74. The Morgan fingerprint density at radius 2 is 2.00 bits per heavy atom. The monoisotopic (exact) mass is 251 g/mol. The Hall–Kier alpha value is -1.91. The quantitative estimate of drug-likeness (QED) is 0.648. The first-order valence-corrected chi connectivity index (χ1v) is 5.71. The summed E-state index contributed by atoms with van der Waals surface area (Å²) < 4.78 is 10.5. The summed E-state index contributed by atoms with van der Waals surface area (Å²) in [4.78, 5) is 6.08. The van der Waals surface area contributed by atoms with Crippen LogP contribution in [0.2, 0.25) is 0 Å². The van der Waals surface area contributed by atoms with Gasteiger partial charge in [0.1, 0.15) is 11.5 Å². The van der Waals surface area contributed by atoms with Crippen molar-refractivity contribution in [1.29, 1.82) is 0 Å². The van der Waals surface area contributed by atoms with Gasteiger partial charge in [-0.25, -0.2) is 0 Å². The number of aliphatic imine (C=N–C) groups is 1. The van der Waals surface area contributed by atoms with Crippen molar-refractivity contribution in [1.82, 2.24) is 10.2 Å². The number of methoxy groups -OCH3 is 2. The first-order chi connectivity index (χ1) is 8.62. The van der Waals surface area contributed by atoms with Gasteiger partial charge in [-0.1, -0.05) is 0 Å². The van der Waals surface area contributed by atoms with Crippen LogP contribution in [0.4, 0.5) is 0 Å². The second-order valence-electron chi connectivity index (χ2n) is 3.97. The smallest absolute Gasteiger partial charge is 0.193 e. The highest BCUT2D eigenvalue weighted by Crippen LogP contribution is 2.24. The lowest BCUT2D eigenvalue weighted by Crippen LogP contribution is -2.35. The SMILES string of the molecule is CN=C(NCc1ccc(OC)cc1OC)N(C)C. The molecule has 0 spiro atoms. The van der Waals surface area contributed by atoms with Gasteiger partial charge in [-0.3, -0.25) is 4.99 Å². The predicted octanol–water partition coefficient (Wildman–Crippen LogP) is 1.34. The van der Waals surface area contributed by atoms with Crippen molar-refractivity contribution < 1.29 is 9.47 Å². The molecule has 0 saturated carbocycles. The predicted molar refractivity (Wildman–Crippen MR) is 73.4 cm³/mol. The number of ether oxygens (including phenoxy) is 2. The lowest BCUT2D eigenvalue weighted by atomic mass is 10.2. The van der Waals surface area contributed by atoms with E-state index in [1.165, 1.54) is 0 Å². The molecule has 0 saturated heterocycles. The largest absolute Gasteiger partial charge is 0.497 e. The lowest BCUT2D eigenvalue weighted by molar-refractivity contribution is 0.390. The molecule has 0 unspecified atom stereocenters. The zero-order chi connectivity index (χ0) is 13.5. The number of nitrogens with zero attached hydrogens (tertiary/aromatic N) is 2. The van der Waals surface area contributed by atoms with E-state index in [0.717, 1.165) is 23.0 Å². The van der Waals surface area contributed by atoms with Crippen LogP contribution in [-0.2, 0) is 6.54 Å². The molecule has 1 aromatic rings. The highest BCUT2D eigenvalue weighted by atomic mass is 16.5. The second-order valence-corrected chi connectivity index (χ2v) is 3.97.